The van der Waals surface area contributed by atoms with E-state index in [2.05, 4.69) is 24.8 Å². The molecule has 0 radical (unpaired) electrons. The standard InChI is InChI=1S/C16H16FN5OS/c17-12-7-5-10(6-8-12)14-19-13(23-21-14)2-1-9-18-16-20-15(22-24-16)11-3-4-11/h5-8,11H,1-4,9H2,(H,18,20,22). The lowest BCUT2D eigenvalue weighted by Crippen LogP contribution is -2.03. The van der Waals surface area contributed by atoms with Crippen molar-refractivity contribution >= 4 is 16.7 Å². The summed E-state index contributed by atoms with van der Waals surface area (Å²) in [7, 11) is 0. The Kier molecular flexibility index (Phi) is 4.20. The summed E-state index contributed by atoms with van der Waals surface area (Å²) in [6, 6.07) is 6.04. The fourth-order valence-corrected chi connectivity index (χ4v) is 2.99. The molecule has 1 aromatic carbocycles. The molecule has 8 heteroatoms. The Morgan fingerprint density at radius 1 is 1.21 bits per heavy atom. The van der Waals surface area contributed by atoms with E-state index in [9.17, 15) is 4.39 Å². The van der Waals surface area contributed by atoms with E-state index in [1.807, 2.05) is 0 Å². The molecule has 0 unspecified atom stereocenters. The fraction of sp³-hybridized carbons (Fsp3) is 0.375. The van der Waals surface area contributed by atoms with Crippen LogP contribution in [0.1, 0.15) is 36.9 Å². The second-order valence-electron chi connectivity index (χ2n) is 5.78. The zero-order chi connectivity index (χ0) is 16.4. The number of rotatable bonds is 7. The number of hydrogen-bond donors (Lipinski definition) is 1. The maximum absolute atomic E-state index is 12.9. The molecular weight excluding hydrogens is 329 g/mol. The smallest absolute Gasteiger partial charge is 0.227 e. The van der Waals surface area contributed by atoms with Gasteiger partial charge in [-0.2, -0.15) is 9.36 Å². The molecule has 3 aromatic rings. The van der Waals surface area contributed by atoms with Crippen LogP contribution < -0.4 is 5.32 Å². The van der Waals surface area contributed by atoms with Gasteiger partial charge in [-0.1, -0.05) is 5.16 Å². The second kappa shape index (κ2) is 6.64. The molecule has 1 aliphatic rings. The van der Waals surface area contributed by atoms with Gasteiger partial charge in [0.15, 0.2) is 0 Å². The van der Waals surface area contributed by atoms with Crippen LogP contribution in [0.4, 0.5) is 9.52 Å². The average molecular weight is 345 g/mol. The normalized spacial score (nSPS) is 14.0. The first-order valence-corrected chi connectivity index (χ1v) is 8.71. The molecule has 1 fully saturated rings. The number of nitrogens with one attached hydrogen (secondary N) is 1. The van der Waals surface area contributed by atoms with E-state index >= 15 is 0 Å². The Hall–Kier alpha value is -2.35. The third kappa shape index (κ3) is 3.59. The first kappa shape index (κ1) is 15.2. The monoisotopic (exact) mass is 345 g/mol. The molecule has 0 bridgehead atoms. The van der Waals surface area contributed by atoms with E-state index in [-0.39, 0.29) is 5.82 Å². The van der Waals surface area contributed by atoms with Crippen molar-refractivity contribution in [3.63, 3.8) is 0 Å². The molecule has 0 atom stereocenters. The molecule has 0 saturated heterocycles. The highest BCUT2D eigenvalue weighted by Gasteiger charge is 2.27. The number of anilines is 1. The van der Waals surface area contributed by atoms with Crippen LogP contribution in [0.25, 0.3) is 11.4 Å². The number of nitrogens with zero attached hydrogens (tertiary/aromatic N) is 4. The van der Waals surface area contributed by atoms with Crippen LogP contribution in [-0.4, -0.2) is 26.0 Å². The van der Waals surface area contributed by atoms with Gasteiger partial charge in [0.1, 0.15) is 11.6 Å². The van der Waals surface area contributed by atoms with Crippen LogP contribution in [0.15, 0.2) is 28.8 Å². The van der Waals surface area contributed by atoms with E-state index in [0.29, 0.717) is 24.1 Å². The Morgan fingerprint density at radius 3 is 2.83 bits per heavy atom. The van der Waals surface area contributed by atoms with Crippen molar-refractivity contribution in [2.75, 3.05) is 11.9 Å². The van der Waals surface area contributed by atoms with Gasteiger partial charge >= 0.3 is 0 Å². The van der Waals surface area contributed by atoms with Crippen molar-refractivity contribution < 1.29 is 8.91 Å². The number of halogens is 1. The van der Waals surface area contributed by atoms with E-state index in [1.165, 1.54) is 36.5 Å². The van der Waals surface area contributed by atoms with Crippen LogP contribution in [-0.2, 0) is 6.42 Å². The average Bonchev–Trinajstić information content (AvgIpc) is 3.15. The van der Waals surface area contributed by atoms with Crippen LogP contribution in [0.2, 0.25) is 0 Å². The Bertz CT molecular complexity index is 812. The molecule has 0 aliphatic heterocycles. The third-order valence-corrected chi connectivity index (χ3v) is 4.49. The van der Waals surface area contributed by atoms with E-state index < -0.39 is 0 Å². The van der Waals surface area contributed by atoms with E-state index in [1.54, 1.807) is 12.1 Å². The minimum atomic E-state index is -0.282. The quantitative estimate of drug-likeness (QED) is 0.659. The Balaban J connectivity index is 1.26. The minimum Gasteiger partial charge on any atom is -0.360 e. The SMILES string of the molecule is Fc1ccc(-c2noc(CCCNc3nc(C4CC4)ns3)n2)cc1. The molecule has 0 amide bonds. The molecule has 2 heterocycles. The first-order chi connectivity index (χ1) is 11.8. The first-order valence-electron chi connectivity index (χ1n) is 7.94. The lowest BCUT2D eigenvalue weighted by Gasteiger charge is -1.99. The highest BCUT2D eigenvalue weighted by Crippen LogP contribution is 2.39. The Labute approximate surface area is 142 Å². The fourth-order valence-electron chi connectivity index (χ4n) is 2.32. The third-order valence-electron chi connectivity index (χ3n) is 3.80. The summed E-state index contributed by atoms with van der Waals surface area (Å²) in [6.45, 7) is 0.771. The van der Waals surface area contributed by atoms with E-state index in [4.69, 9.17) is 4.52 Å². The van der Waals surface area contributed by atoms with Crippen LogP contribution in [0.5, 0.6) is 0 Å². The van der Waals surface area contributed by atoms with Gasteiger partial charge in [-0.25, -0.2) is 9.37 Å². The van der Waals surface area contributed by atoms with Crippen LogP contribution >= 0.6 is 11.5 Å². The van der Waals surface area contributed by atoms with Gasteiger partial charge in [0, 0.05) is 36.0 Å². The number of hydrogen-bond acceptors (Lipinski definition) is 7. The highest BCUT2D eigenvalue weighted by molar-refractivity contribution is 7.09. The zero-order valence-corrected chi connectivity index (χ0v) is 13.7. The predicted octanol–water partition coefficient (Wildman–Crippen LogP) is 3.65. The van der Waals surface area contributed by atoms with Gasteiger partial charge in [-0.15, -0.1) is 0 Å². The van der Waals surface area contributed by atoms with Gasteiger partial charge in [0.2, 0.25) is 16.8 Å². The molecule has 1 saturated carbocycles. The number of aromatic nitrogens is 4. The van der Waals surface area contributed by atoms with Gasteiger partial charge in [-0.3, -0.25) is 0 Å². The summed E-state index contributed by atoms with van der Waals surface area (Å²) in [5.74, 6) is 2.33. The maximum Gasteiger partial charge on any atom is 0.227 e. The zero-order valence-electron chi connectivity index (χ0n) is 12.9. The molecular formula is C16H16FN5OS. The number of benzene rings is 1. The molecule has 6 nitrogen and oxygen atoms in total. The van der Waals surface area contributed by atoms with Crippen molar-refractivity contribution in [1.29, 1.82) is 0 Å². The Morgan fingerprint density at radius 2 is 2.04 bits per heavy atom. The van der Waals surface area contributed by atoms with Crippen molar-refractivity contribution in [2.24, 2.45) is 0 Å². The largest absolute Gasteiger partial charge is 0.360 e. The van der Waals surface area contributed by atoms with Crippen LogP contribution in [0, 0.1) is 5.82 Å². The summed E-state index contributed by atoms with van der Waals surface area (Å²) < 4.78 is 22.5. The molecule has 1 aliphatic carbocycles. The molecule has 124 valence electrons. The highest BCUT2D eigenvalue weighted by atomic mass is 32.1. The van der Waals surface area contributed by atoms with Crippen molar-refractivity contribution in [1.82, 2.24) is 19.5 Å². The predicted molar refractivity (Wildman–Crippen MR) is 88.4 cm³/mol. The van der Waals surface area contributed by atoms with Gasteiger partial charge in [0.05, 0.1) is 0 Å². The molecule has 0 spiro atoms. The molecule has 4 rings (SSSR count). The van der Waals surface area contributed by atoms with Gasteiger partial charge in [-0.05, 0) is 43.5 Å². The lowest BCUT2D eigenvalue weighted by molar-refractivity contribution is 0.377. The summed E-state index contributed by atoms with van der Waals surface area (Å²) >= 11 is 1.41. The minimum absolute atomic E-state index is 0.282. The van der Waals surface area contributed by atoms with Crippen molar-refractivity contribution in [2.45, 2.75) is 31.6 Å². The maximum atomic E-state index is 12.9. The summed E-state index contributed by atoms with van der Waals surface area (Å²) in [5, 5.41) is 8.08. The van der Waals surface area contributed by atoms with Crippen molar-refractivity contribution in [3.05, 3.63) is 41.8 Å². The van der Waals surface area contributed by atoms with Crippen LogP contribution in [0.3, 0.4) is 0 Å². The molecule has 1 N–H and O–H groups in total. The topological polar surface area (TPSA) is 76.7 Å². The van der Waals surface area contributed by atoms with Crippen molar-refractivity contribution in [3.8, 4) is 11.4 Å². The summed E-state index contributed by atoms with van der Waals surface area (Å²) in [4.78, 5) is 8.82. The summed E-state index contributed by atoms with van der Waals surface area (Å²) in [5.41, 5.74) is 0.742. The number of aryl methyl sites for hydroxylation is 1. The molecule has 24 heavy (non-hydrogen) atoms. The molecule has 2 aromatic heterocycles. The summed E-state index contributed by atoms with van der Waals surface area (Å²) in [6.07, 6.45) is 3.95. The lowest BCUT2D eigenvalue weighted by atomic mass is 10.2. The van der Waals surface area contributed by atoms with Gasteiger partial charge < -0.3 is 9.84 Å². The second-order valence-corrected chi connectivity index (χ2v) is 6.53. The van der Waals surface area contributed by atoms with E-state index in [0.717, 1.165) is 29.5 Å². The van der Waals surface area contributed by atoms with Gasteiger partial charge in [0.25, 0.3) is 0 Å².